The summed E-state index contributed by atoms with van der Waals surface area (Å²) in [6.45, 7) is 0. The minimum absolute atomic E-state index is 0.101. The highest BCUT2D eigenvalue weighted by atomic mass is 35.5. The van der Waals surface area contributed by atoms with E-state index in [2.05, 4.69) is 15.7 Å². The maximum Gasteiger partial charge on any atom is 0.257 e. The normalized spacial score (nSPS) is 13.0. The van der Waals surface area contributed by atoms with Crippen LogP contribution in [0.4, 0.5) is 11.4 Å². The highest BCUT2D eigenvalue weighted by Crippen LogP contribution is 2.38. The highest BCUT2D eigenvalue weighted by molar-refractivity contribution is 6.42. The number of anilines is 2. The number of hydrogen-bond donors (Lipinski definition) is 2. The van der Waals surface area contributed by atoms with E-state index >= 15 is 0 Å². The molecular weight excluding hydrogens is 558 g/mol. The molecule has 1 aliphatic heterocycles. The Balaban J connectivity index is 1.49. The van der Waals surface area contributed by atoms with Crippen molar-refractivity contribution in [3.05, 3.63) is 90.8 Å². The van der Waals surface area contributed by atoms with Crippen molar-refractivity contribution < 1.29 is 14.4 Å². The third kappa shape index (κ3) is 5.72. The maximum atomic E-state index is 12.8. The summed E-state index contributed by atoms with van der Waals surface area (Å²) in [5.41, 5.74) is 0.975. The van der Waals surface area contributed by atoms with Gasteiger partial charge in [-0.2, -0.15) is 10.1 Å². The van der Waals surface area contributed by atoms with Gasteiger partial charge in [-0.25, -0.2) is 0 Å². The van der Waals surface area contributed by atoms with Crippen LogP contribution in [0.5, 0.6) is 0 Å². The van der Waals surface area contributed by atoms with Crippen molar-refractivity contribution in [3.8, 4) is 0 Å². The van der Waals surface area contributed by atoms with Gasteiger partial charge in [-0.05, 0) is 48.5 Å². The van der Waals surface area contributed by atoms with Crippen LogP contribution in [-0.2, 0) is 4.79 Å². The fraction of sp³-hybridized carbons (Fsp3) is 0.0435. The Hall–Kier alpha value is -2.81. The second-order valence-electron chi connectivity index (χ2n) is 7.26. The monoisotopic (exact) mass is 568 g/mol. The van der Waals surface area contributed by atoms with Crippen LogP contribution < -0.4 is 15.6 Å². The van der Waals surface area contributed by atoms with E-state index in [1.165, 1.54) is 30.3 Å². The number of hydrogen-bond acceptors (Lipinski definition) is 4. The summed E-state index contributed by atoms with van der Waals surface area (Å²) in [4.78, 5) is 37.8. The average Bonchev–Trinajstić information content (AvgIpc) is 3.12. The lowest BCUT2D eigenvalue weighted by molar-refractivity contribution is -0.116. The number of amidine groups is 1. The molecule has 35 heavy (non-hydrogen) atoms. The van der Waals surface area contributed by atoms with Gasteiger partial charge in [-0.3, -0.25) is 14.4 Å². The van der Waals surface area contributed by atoms with Crippen molar-refractivity contribution in [1.29, 1.82) is 0 Å². The minimum atomic E-state index is -0.535. The second kappa shape index (κ2) is 10.4. The maximum absolute atomic E-state index is 12.8. The molecule has 0 atom stereocenters. The number of hydrazone groups is 1. The quantitative estimate of drug-likeness (QED) is 0.366. The Labute approximate surface area is 224 Å². The largest absolute Gasteiger partial charge is 0.322 e. The Morgan fingerprint density at radius 2 is 1.49 bits per heavy atom. The predicted octanol–water partition coefficient (Wildman–Crippen LogP) is 6.69. The predicted molar refractivity (Wildman–Crippen MR) is 139 cm³/mol. The SMILES string of the molecule is O=C(NC1=NN(c2c(Cl)cc(Cl)cc2Cl)C(=O)C1)c1cccc(NC(=O)c2ccc(Cl)cc2Cl)c1. The molecule has 4 rings (SSSR count). The number of amides is 3. The molecule has 7 nitrogen and oxygen atoms in total. The van der Waals surface area contributed by atoms with Gasteiger partial charge < -0.3 is 10.6 Å². The first-order valence-electron chi connectivity index (χ1n) is 9.85. The first-order chi connectivity index (χ1) is 16.6. The molecule has 0 saturated carbocycles. The molecule has 1 heterocycles. The highest BCUT2D eigenvalue weighted by Gasteiger charge is 2.30. The zero-order valence-electron chi connectivity index (χ0n) is 17.4. The average molecular weight is 571 g/mol. The van der Waals surface area contributed by atoms with Gasteiger partial charge in [0.2, 0.25) is 0 Å². The van der Waals surface area contributed by atoms with Gasteiger partial charge in [0.15, 0.2) is 0 Å². The molecule has 2 N–H and O–H groups in total. The standard InChI is InChI=1S/C23H13Cl5N4O3/c24-12-4-5-15(16(26)7-12)23(35)29-14-3-1-2-11(6-14)22(34)30-19-10-20(33)32(31-19)21-17(27)8-13(25)9-18(21)28/h1-9H,10H2,(H,29,35)(H,30,31,34). The van der Waals surface area contributed by atoms with Crippen molar-refractivity contribution in [2.24, 2.45) is 5.10 Å². The summed E-state index contributed by atoms with van der Waals surface area (Å²) in [5.74, 6) is -1.34. The second-order valence-corrected chi connectivity index (χ2v) is 9.35. The molecule has 0 fully saturated rings. The minimum Gasteiger partial charge on any atom is -0.322 e. The van der Waals surface area contributed by atoms with Crippen LogP contribution >= 0.6 is 58.0 Å². The molecular formula is C23H13Cl5N4O3. The molecule has 0 bridgehead atoms. The van der Waals surface area contributed by atoms with Crippen molar-refractivity contribution in [3.63, 3.8) is 0 Å². The van der Waals surface area contributed by atoms with Crippen molar-refractivity contribution in [2.45, 2.75) is 6.42 Å². The lowest BCUT2D eigenvalue weighted by Crippen LogP contribution is -2.29. The summed E-state index contributed by atoms with van der Waals surface area (Å²) < 4.78 is 0. The Morgan fingerprint density at radius 1 is 0.800 bits per heavy atom. The van der Waals surface area contributed by atoms with Gasteiger partial charge in [-0.15, -0.1) is 0 Å². The molecule has 0 radical (unpaired) electrons. The molecule has 0 aliphatic carbocycles. The van der Waals surface area contributed by atoms with Gasteiger partial charge in [0, 0.05) is 21.3 Å². The lowest BCUT2D eigenvalue weighted by Gasteiger charge is -2.15. The van der Waals surface area contributed by atoms with Gasteiger partial charge >= 0.3 is 0 Å². The van der Waals surface area contributed by atoms with E-state index in [0.717, 1.165) is 5.01 Å². The molecule has 3 aromatic rings. The lowest BCUT2D eigenvalue weighted by atomic mass is 10.1. The number of benzene rings is 3. The molecule has 0 saturated heterocycles. The summed E-state index contributed by atoms with van der Waals surface area (Å²) in [6.07, 6.45) is -0.174. The van der Waals surface area contributed by atoms with E-state index in [4.69, 9.17) is 58.0 Å². The third-order valence-corrected chi connectivity index (χ3v) is 6.13. The summed E-state index contributed by atoms with van der Waals surface area (Å²) in [7, 11) is 0. The van der Waals surface area contributed by atoms with Crippen LogP contribution in [0.15, 0.2) is 59.7 Å². The molecule has 1 aliphatic rings. The van der Waals surface area contributed by atoms with Crippen molar-refractivity contribution >= 4 is 92.9 Å². The number of nitrogens with zero attached hydrogens (tertiary/aromatic N) is 2. The van der Waals surface area contributed by atoms with E-state index < -0.39 is 17.7 Å². The molecule has 0 aromatic heterocycles. The van der Waals surface area contributed by atoms with Crippen LogP contribution in [0, 0.1) is 0 Å². The van der Waals surface area contributed by atoms with E-state index in [1.807, 2.05) is 0 Å². The zero-order valence-corrected chi connectivity index (χ0v) is 21.2. The summed E-state index contributed by atoms with van der Waals surface area (Å²) >= 11 is 30.2. The molecule has 3 aromatic carbocycles. The molecule has 12 heteroatoms. The van der Waals surface area contributed by atoms with E-state index in [9.17, 15) is 14.4 Å². The topological polar surface area (TPSA) is 90.9 Å². The molecule has 0 unspecified atom stereocenters. The molecule has 178 valence electrons. The van der Waals surface area contributed by atoms with Crippen LogP contribution in [0.2, 0.25) is 25.1 Å². The van der Waals surface area contributed by atoms with Gasteiger partial charge in [0.05, 0.1) is 27.1 Å². The number of nitrogens with one attached hydrogen (secondary N) is 2. The van der Waals surface area contributed by atoms with Gasteiger partial charge in [-0.1, -0.05) is 64.1 Å². The Morgan fingerprint density at radius 3 is 2.17 bits per heavy atom. The fourth-order valence-electron chi connectivity index (χ4n) is 3.22. The Bertz CT molecular complexity index is 1390. The Kier molecular flexibility index (Phi) is 7.54. The van der Waals surface area contributed by atoms with E-state index in [-0.39, 0.29) is 44.1 Å². The number of rotatable bonds is 4. The van der Waals surface area contributed by atoms with Gasteiger partial charge in [0.1, 0.15) is 11.5 Å². The van der Waals surface area contributed by atoms with Crippen LogP contribution in [0.3, 0.4) is 0 Å². The fourth-order valence-corrected chi connectivity index (χ4v) is 4.70. The molecule has 3 amide bonds. The van der Waals surface area contributed by atoms with E-state index in [1.54, 1.807) is 24.3 Å². The molecule has 0 spiro atoms. The first-order valence-corrected chi connectivity index (χ1v) is 11.7. The zero-order chi connectivity index (χ0) is 25.3. The summed E-state index contributed by atoms with van der Waals surface area (Å²) in [6, 6.07) is 13.6. The summed E-state index contributed by atoms with van der Waals surface area (Å²) in [5, 5.41) is 11.6. The number of carbonyl (C=O) groups excluding carboxylic acids is 3. The first kappa shape index (κ1) is 25.3. The van der Waals surface area contributed by atoms with Crippen LogP contribution in [0.25, 0.3) is 0 Å². The smallest absolute Gasteiger partial charge is 0.257 e. The van der Waals surface area contributed by atoms with E-state index in [0.29, 0.717) is 15.7 Å². The van der Waals surface area contributed by atoms with Crippen molar-refractivity contribution in [2.75, 3.05) is 10.3 Å². The number of carbonyl (C=O) groups is 3. The van der Waals surface area contributed by atoms with Crippen LogP contribution in [0.1, 0.15) is 27.1 Å². The third-order valence-electron chi connectivity index (χ3n) is 4.79. The van der Waals surface area contributed by atoms with Gasteiger partial charge in [0.25, 0.3) is 17.7 Å². The number of halogens is 5. The van der Waals surface area contributed by atoms with Crippen LogP contribution in [-0.4, -0.2) is 23.6 Å². The van der Waals surface area contributed by atoms with Crippen molar-refractivity contribution in [1.82, 2.24) is 5.32 Å².